The molecule has 1 aromatic rings. The number of hydrogen-bond acceptors (Lipinski definition) is 5. The molecule has 2 fully saturated rings. The molecule has 0 spiro atoms. The molecule has 0 aromatic carbocycles. The number of piperidine rings is 1. The SMILES string of the molecule is CCNC(=NCC(C)(C)N1CCCCC1)NCC(c1cccs1)N1CCOCC1. The van der Waals surface area contributed by atoms with Gasteiger partial charge in [-0.1, -0.05) is 12.5 Å². The average Bonchev–Trinajstić information content (AvgIpc) is 3.28. The zero-order valence-electron chi connectivity index (χ0n) is 18.5. The fourth-order valence-electron chi connectivity index (χ4n) is 4.19. The summed E-state index contributed by atoms with van der Waals surface area (Å²) in [5.74, 6) is 0.924. The molecule has 0 radical (unpaired) electrons. The van der Waals surface area contributed by atoms with Crippen molar-refractivity contribution in [2.24, 2.45) is 4.99 Å². The van der Waals surface area contributed by atoms with Crippen LogP contribution in [0.1, 0.15) is 51.0 Å². The summed E-state index contributed by atoms with van der Waals surface area (Å²) in [4.78, 5) is 11.5. The second-order valence-corrected chi connectivity index (χ2v) is 9.60. The lowest BCUT2D eigenvalue weighted by Crippen LogP contribution is -2.50. The number of guanidine groups is 1. The van der Waals surface area contributed by atoms with E-state index in [1.165, 1.54) is 37.2 Å². The van der Waals surface area contributed by atoms with E-state index in [1.807, 2.05) is 11.3 Å². The quantitative estimate of drug-likeness (QED) is 0.499. The highest BCUT2D eigenvalue weighted by Gasteiger charge is 2.28. The largest absolute Gasteiger partial charge is 0.379 e. The Balaban J connectivity index is 1.62. The van der Waals surface area contributed by atoms with E-state index in [9.17, 15) is 0 Å². The van der Waals surface area contributed by atoms with E-state index in [4.69, 9.17) is 9.73 Å². The van der Waals surface area contributed by atoms with Gasteiger partial charge >= 0.3 is 0 Å². The van der Waals surface area contributed by atoms with Crippen molar-refractivity contribution in [2.45, 2.75) is 51.6 Å². The van der Waals surface area contributed by atoms with Crippen LogP contribution in [0.25, 0.3) is 0 Å². The van der Waals surface area contributed by atoms with E-state index in [0.717, 1.165) is 51.9 Å². The predicted molar refractivity (Wildman–Crippen MR) is 123 cm³/mol. The topological polar surface area (TPSA) is 52.1 Å². The van der Waals surface area contributed by atoms with E-state index < -0.39 is 0 Å². The number of nitrogens with one attached hydrogen (secondary N) is 2. The molecule has 0 bridgehead atoms. The van der Waals surface area contributed by atoms with Crippen molar-refractivity contribution < 1.29 is 4.74 Å². The van der Waals surface area contributed by atoms with Gasteiger partial charge in [-0.3, -0.25) is 14.8 Å². The van der Waals surface area contributed by atoms with E-state index in [-0.39, 0.29) is 5.54 Å². The minimum absolute atomic E-state index is 0.0974. The molecular weight excluding hydrogens is 382 g/mol. The molecule has 6 nitrogen and oxygen atoms in total. The maximum Gasteiger partial charge on any atom is 0.191 e. The van der Waals surface area contributed by atoms with E-state index in [1.54, 1.807) is 0 Å². The van der Waals surface area contributed by atoms with Crippen LogP contribution in [0.2, 0.25) is 0 Å². The van der Waals surface area contributed by atoms with Gasteiger partial charge in [0.05, 0.1) is 25.8 Å². The van der Waals surface area contributed by atoms with Crippen molar-refractivity contribution in [3.63, 3.8) is 0 Å². The van der Waals surface area contributed by atoms with Crippen molar-refractivity contribution >= 4 is 17.3 Å². The highest BCUT2D eigenvalue weighted by atomic mass is 32.1. The first-order valence-electron chi connectivity index (χ1n) is 11.2. The van der Waals surface area contributed by atoms with Crippen LogP contribution in [0.15, 0.2) is 22.5 Å². The lowest BCUT2D eigenvalue weighted by Gasteiger charge is -2.40. The van der Waals surface area contributed by atoms with Gasteiger partial charge in [0.2, 0.25) is 0 Å². The Hall–Kier alpha value is -1.15. The molecule has 2 aliphatic rings. The maximum absolute atomic E-state index is 5.57. The number of rotatable bonds is 8. The fraction of sp³-hybridized carbons (Fsp3) is 0.773. The summed E-state index contributed by atoms with van der Waals surface area (Å²) < 4.78 is 5.57. The zero-order chi connectivity index (χ0) is 20.5. The average molecular weight is 422 g/mol. The third kappa shape index (κ3) is 6.67. The second-order valence-electron chi connectivity index (χ2n) is 8.62. The zero-order valence-corrected chi connectivity index (χ0v) is 19.3. The molecule has 1 unspecified atom stereocenters. The molecule has 164 valence electrons. The van der Waals surface area contributed by atoms with Crippen LogP contribution in [0, 0.1) is 0 Å². The summed E-state index contributed by atoms with van der Waals surface area (Å²) in [5, 5.41) is 9.24. The summed E-state index contributed by atoms with van der Waals surface area (Å²) in [6.45, 7) is 15.3. The van der Waals surface area contributed by atoms with Crippen LogP contribution >= 0.6 is 11.3 Å². The Morgan fingerprint density at radius 3 is 2.59 bits per heavy atom. The van der Waals surface area contributed by atoms with Gasteiger partial charge in [0.1, 0.15) is 0 Å². The second kappa shape index (κ2) is 11.3. The Labute approximate surface area is 180 Å². The number of nitrogens with zero attached hydrogens (tertiary/aromatic N) is 3. The predicted octanol–water partition coefficient (Wildman–Crippen LogP) is 2.94. The van der Waals surface area contributed by atoms with E-state index >= 15 is 0 Å². The van der Waals surface area contributed by atoms with Gasteiger partial charge in [0.15, 0.2) is 5.96 Å². The van der Waals surface area contributed by atoms with Crippen molar-refractivity contribution in [3.05, 3.63) is 22.4 Å². The third-order valence-corrected chi connectivity index (χ3v) is 6.97. The summed E-state index contributed by atoms with van der Waals surface area (Å²) in [6.07, 6.45) is 3.99. The Morgan fingerprint density at radius 2 is 1.93 bits per heavy atom. The normalized spacial score (nSPS) is 21.1. The smallest absolute Gasteiger partial charge is 0.191 e. The Bertz CT molecular complexity index is 607. The van der Waals surface area contributed by atoms with Crippen LogP contribution in [-0.4, -0.2) is 80.3 Å². The minimum atomic E-state index is 0.0974. The summed E-state index contributed by atoms with van der Waals surface area (Å²) in [7, 11) is 0. The highest BCUT2D eigenvalue weighted by molar-refractivity contribution is 7.10. The van der Waals surface area contributed by atoms with Gasteiger partial charge in [0.25, 0.3) is 0 Å². The number of hydrogen-bond donors (Lipinski definition) is 2. The number of thiophene rings is 1. The van der Waals surface area contributed by atoms with Gasteiger partial charge in [0, 0.05) is 36.6 Å². The lowest BCUT2D eigenvalue weighted by atomic mass is 9.99. The molecule has 2 aliphatic heterocycles. The van der Waals surface area contributed by atoms with Crippen LogP contribution in [0.3, 0.4) is 0 Å². The first-order valence-corrected chi connectivity index (χ1v) is 12.1. The standard InChI is InChI=1S/C22H39N5OS/c1-4-23-21(25-18-22(2,3)27-10-6-5-7-11-27)24-17-19(20-9-8-16-29-20)26-12-14-28-15-13-26/h8-9,16,19H,4-7,10-15,17-18H2,1-3H3,(H2,23,24,25). The van der Waals surface area contributed by atoms with Gasteiger partial charge in [-0.15, -0.1) is 11.3 Å². The molecule has 29 heavy (non-hydrogen) atoms. The molecule has 2 saturated heterocycles. The van der Waals surface area contributed by atoms with Crippen molar-refractivity contribution in [1.29, 1.82) is 0 Å². The molecule has 2 N–H and O–H groups in total. The first kappa shape index (κ1) is 22.5. The minimum Gasteiger partial charge on any atom is -0.379 e. The Morgan fingerprint density at radius 1 is 1.17 bits per heavy atom. The van der Waals surface area contributed by atoms with Gasteiger partial charge in [-0.2, -0.15) is 0 Å². The first-order chi connectivity index (χ1) is 14.1. The molecule has 1 atom stereocenters. The van der Waals surface area contributed by atoms with Crippen LogP contribution in [0.4, 0.5) is 0 Å². The van der Waals surface area contributed by atoms with Gasteiger partial charge in [-0.05, 0) is 58.1 Å². The fourth-order valence-corrected chi connectivity index (χ4v) is 5.05. The van der Waals surface area contributed by atoms with Crippen molar-refractivity contribution in [2.75, 3.05) is 59.0 Å². The lowest BCUT2D eigenvalue weighted by molar-refractivity contribution is 0.0177. The molecule has 3 rings (SSSR count). The number of aliphatic imine (C=N–C) groups is 1. The van der Waals surface area contributed by atoms with Crippen molar-refractivity contribution in [1.82, 2.24) is 20.4 Å². The molecule has 1 aromatic heterocycles. The van der Waals surface area contributed by atoms with E-state index in [0.29, 0.717) is 6.04 Å². The van der Waals surface area contributed by atoms with Gasteiger partial charge < -0.3 is 15.4 Å². The summed E-state index contributed by atoms with van der Waals surface area (Å²) in [5.41, 5.74) is 0.0974. The molecule has 7 heteroatoms. The van der Waals surface area contributed by atoms with Crippen LogP contribution in [-0.2, 0) is 4.74 Å². The van der Waals surface area contributed by atoms with E-state index in [2.05, 4.69) is 58.7 Å². The molecule has 0 saturated carbocycles. The van der Waals surface area contributed by atoms with Crippen molar-refractivity contribution in [3.8, 4) is 0 Å². The molecule has 0 amide bonds. The Kier molecular flexibility index (Phi) is 8.78. The number of likely N-dealkylation sites (tertiary alicyclic amines) is 1. The summed E-state index contributed by atoms with van der Waals surface area (Å²) in [6, 6.07) is 4.75. The molecular formula is C22H39N5OS. The number of ether oxygens (including phenoxy) is 1. The van der Waals surface area contributed by atoms with Gasteiger partial charge in [-0.25, -0.2) is 0 Å². The maximum atomic E-state index is 5.57. The summed E-state index contributed by atoms with van der Waals surface area (Å²) >= 11 is 1.84. The monoisotopic (exact) mass is 421 g/mol. The van der Waals surface area contributed by atoms with Crippen LogP contribution in [0.5, 0.6) is 0 Å². The molecule has 0 aliphatic carbocycles. The highest BCUT2D eigenvalue weighted by Crippen LogP contribution is 2.25. The molecule has 3 heterocycles. The van der Waals surface area contributed by atoms with Crippen LogP contribution < -0.4 is 10.6 Å². The number of morpholine rings is 1. The third-order valence-electron chi connectivity index (χ3n) is 6.00.